The normalized spacial score (nSPS) is 12.1. The highest BCUT2D eigenvalue weighted by Crippen LogP contribution is 2.20. The van der Waals surface area contributed by atoms with Crippen LogP contribution in [0.5, 0.6) is 0 Å². The molecule has 0 rings (SSSR count). The summed E-state index contributed by atoms with van der Waals surface area (Å²) >= 11 is 0. The van der Waals surface area contributed by atoms with Crippen molar-refractivity contribution in [1.82, 2.24) is 0 Å². The highest BCUT2D eigenvalue weighted by Gasteiger charge is 2.08. The Labute approximate surface area is 289 Å². The largest absolute Gasteiger partial charge is 0.503 e. The van der Waals surface area contributed by atoms with Gasteiger partial charge in [-0.25, -0.2) is 4.79 Å². The lowest BCUT2D eigenvalue weighted by Crippen LogP contribution is -2.06. The van der Waals surface area contributed by atoms with Gasteiger partial charge in [-0.2, -0.15) is 0 Å². The predicted molar refractivity (Wildman–Crippen MR) is 202 cm³/mol. The third kappa shape index (κ3) is 50.1. The van der Waals surface area contributed by atoms with Gasteiger partial charge < -0.3 is 20.4 Å². The summed E-state index contributed by atoms with van der Waals surface area (Å²) in [4.78, 5) is 8.56. The fourth-order valence-corrected chi connectivity index (χ4v) is 6.21. The molecule has 0 aromatic carbocycles. The quantitative estimate of drug-likeness (QED) is 0.0516. The van der Waals surface area contributed by atoms with Crippen LogP contribution in [0.4, 0.5) is 4.79 Å². The second-order valence-corrected chi connectivity index (χ2v) is 14.0. The lowest BCUT2D eigenvalue weighted by atomic mass is 9.95. The number of hydrogen-bond acceptors (Lipinski definition) is 3. The van der Waals surface area contributed by atoms with E-state index in [-0.39, 0.29) is 0 Å². The van der Waals surface area contributed by atoms with Gasteiger partial charge in [0.15, 0.2) is 0 Å². The Morgan fingerprint density at radius 1 is 0.348 bits per heavy atom. The van der Waals surface area contributed by atoms with Crippen LogP contribution >= 0.6 is 0 Å². The van der Waals surface area contributed by atoms with Gasteiger partial charge in [0.2, 0.25) is 0 Å². The standard InChI is InChI=1S/2C20H42O.CH2O3/c2*1-3-5-7-9-11-12-14-16-18-20(19-21)17-15-13-10-8-6-4-2;2-1(3)4/h2*20-21H,3-19H2,1-2H3;(H2,2,3,4). The monoisotopic (exact) mass is 659 g/mol. The van der Waals surface area contributed by atoms with E-state index in [1.165, 1.54) is 205 Å². The van der Waals surface area contributed by atoms with Crippen LogP contribution in [-0.4, -0.2) is 39.8 Å². The van der Waals surface area contributed by atoms with Crippen LogP contribution in [-0.2, 0) is 0 Å². The molecule has 0 heterocycles. The zero-order valence-electron chi connectivity index (χ0n) is 31.9. The molecule has 5 heteroatoms. The van der Waals surface area contributed by atoms with E-state index >= 15 is 0 Å². The second kappa shape index (κ2) is 46.3. The molecule has 0 radical (unpaired) electrons. The summed E-state index contributed by atoms with van der Waals surface area (Å²) in [5.74, 6) is 1.16. The summed E-state index contributed by atoms with van der Waals surface area (Å²) in [5.41, 5.74) is 0. The fraction of sp³-hybridized carbons (Fsp3) is 0.976. The Morgan fingerprint density at radius 2 is 0.500 bits per heavy atom. The van der Waals surface area contributed by atoms with E-state index in [4.69, 9.17) is 15.0 Å². The Bertz CT molecular complexity index is 483. The van der Waals surface area contributed by atoms with Crippen molar-refractivity contribution in [2.24, 2.45) is 11.8 Å². The molecule has 2 atom stereocenters. The van der Waals surface area contributed by atoms with Crippen molar-refractivity contribution >= 4 is 6.16 Å². The van der Waals surface area contributed by atoms with Gasteiger partial charge in [0, 0.05) is 13.2 Å². The number of hydrogen-bond donors (Lipinski definition) is 4. The Morgan fingerprint density at radius 3 is 0.652 bits per heavy atom. The van der Waals surface area contributed by atoms with Crippen molar-refractivity contribution in [2.75, 3.05) is 13.2 Å². The van der Waals surface area contributed by atoms with Gasteiger partial charge in [0.25, 0.3) is 0 Å². The summed E-state index contributed by atoms with van der Waals surface area (Å²) in [7, 11) is 0. The smallest absolute Gasteiger partial charge is 0.450 e. The van der Waals surface area contributed by atoms with Crippen molar-refractivity contribution in [3.63, 3.8) is 0 Å². The minimum atomic E-state index is -1.83. The molecule has 5 nitrogen and oxygen atoms in total. The van der Waals surface area contributed by atoms with Crippen LogP contribution in [0.3, 0.4) is 0 Å². The van der Waals surface area contributed by atoms with Gasteiger partial charge in [0.05, 0.1) is 0 Å². The molecule has 0 aliphatic heterocycles. The molecule has 0 aliphatic carbocycles. The molecule has 0 aliphatic rings. The van der Waals surface area contributed by atoms with Crippen LogP contribution in [0.25, 0.3) is 0 Å². The van der Waals surface area contributed by atoms with Gasteiger partial charge in [-0.3, -0.25) is 0 Å². The predicted octanol–water partition coefficient (Wildman–Crippen LogP) is 14.0. The molecular weight excluding hydrogens is 572 g/mol. The highest BCUT2D eigenvalue weighted by molar-refractivity contribution is 5.53. The van der Waals surface area contributed by atoms with E-state index in [1.807, 2.05) is 0 Å². The first kappa shape index (κ1) is 49.6. The first-order valence-corrected chi connectivity index (χ1v) is 20.6. The molecular formula is C41H86O5. The molecule has 46 heavy (non-hydrogen) atoms. The lowest BCUT2D eigenvalue weighted by Gasteiger charge is -2.13. The summed E-state index contributed by atoms with van der Waals surface area (Å²) in [6, 6.07) is 0. The number of aliphatic hydroxyl groups is 2. The number of carboxylic acid groups (broad SMARTS) is 2. The topological polar surface area (TPSA) is 98.0 Å². The van der Waals surface area contributed by atoms with Gasteiger partial charge in [0.1, 0.15) is 0 Å². The highest BCUT2D eigenvalue weighted by atomic mass is 16.6. The average Bonchev–Trinajstić information content (AvgIpc) is 3.04. The van der Waals surface area contributed by atoms with Gasteiger partial charge in [-0.15, -0.1) is 0 Å². The van der Waals surface area contributed by atoms with E-state index in [1.54, 1.807) is 0 Å². The van der Waals surface area contributed by atoms with Crippen LogP contribution in [0.1, 0.15) is 233 Å². The number of carbonyl (C=O) groups is 1. The zero-order valence-corrected chi connectivity index (χ0v) is 31.9. The number of rotatable bonds is 34. The van der Waals surface area contributed by atoms with Gasteiger partial charge >= 0.3 is 6.16 Å². The SMILES string of the molecule is CCCCCCCCCCC(CO)CCCCCCCC.CCCCCCCCCCC(CO)CCCCCCCC.O=C(O)O. The van der Waals surface area contributed by atoms with Gasteiger partial charge in [-0.05, 0) is 37.5 Å². The molecule has 0 spiro atoms. The summed E-state index contributed by atoms with van der Waals surface area (Å²) < 4.78 is 0. The van der Waals surface area contributed by atoms with Crippen molar-refractivity contribution in [3.8, 4) is 0 Å². The molecule has 0 bridgehead atoms. The minimum Gasteiger partial charge on any atom is -0.450 e. The average molecular weight is 659 g/mol. The van der Waals surface area contributed by atoms with Crippen molar-refractivity contribution in [3.05, 3.63) is 0 Å². The maximum atomic E-state index is 9.47. The van der Waals surface area contributed by atoms with Crippen LogP contribution in [0.2, 0.25) is 0 Å². The molecule has 0 fully saturated rings. The van der Waals surface area contributed by atoms with Crippen LogP contribution in [0.15, 0.2) is 0 Å². The van der Waals surface area contributed by atoms with E-state index in [2.05, 4.69) is 27.7 Å². The molecule has 0 saturated carbocycles. The molecule has 2 unspecified atom stereocenters. The molecule has 0 saturated heterocycles. The zero-order chi connectivity index (χ0) is 34.8. The molecule has 0 aromatic heterocycles. The molecule has 280 valence electrons. The molecule has 0 amide bonds. The third-order valence-electron chi connectivity index (χ3n) is 9.38. The second-order valence-electron chi connectivity index (χ2n) is 14.0. The van der Waals surface area contributed by atoms with Gasteiger partial charge in [-0.1, -0.05) is 207 Å². The summed E-state index contributed by atoms with van der Waals surface area (Å²) in [5, 5.41) is 32.9. The third-order valence-corrected chi connectivity index (χ3v) is 9.38. The maximum absolute atomic E-state index is 9.47. The number of unbranched alkanes of at least 4 members (excludes halogenated alkanes) is 24. The van der Waals surface area contributed by atoms with E-state index in [0.29, 0.717) is 25.0 Å². The van der Waals surface area contributed by atoms with Crippen molar-refractivity contribution in [1.29, 1.82) is 0 Å². The summed E-state index contributed by atoms with van der Waals surface area (Å²) in [6.45, 7) is 9.91. The van der Waals surface area contributed by atoms with E-state index in [9.17, 15) is 10.2 Å². The van der Waals surface area contributed by atoms with Crippen LogP contribution in [0, 0.1) is 11.8 Å². The Hall–Kier alpha value is -0.810. The first-order chi connectivity index (χ1) is 22.4. The maximum Gasteiger partial charge on any atom is 0.503 e. The number of aliphatic hydroxyl groups excluding tert-OH is 2. The van der Waals surface area contributed by atoms with E-state index < -0.39 is 6.16 Å². The Kier molecular flexibility index (Phi) is 49.9. The summed E-state index contributed by atoms with van der Waals surface area (Å²) in [6.07, 6.45) is 41.8. The van der Waals surface area contributed by atoms with Crippen LogP contribution < -0.4 is 0 Å². The molecule has 4 N–H and O–H groups in total. The van der Waals surface area contributed by atoms with Crippen molar-refractivity contribution in [2.45, 2.75) is 233 Å². The van der Waals surface area contributed by atoms with E-state index in [0.717, 1.165) is 0 Å². The lowest BCUT2D eigenvalue weighted by molar-refractivity contribution is 0.137. The minimum absolute atomic E-state index is 0.408. The fourth-order valence-electron chi connectivity index (χ4n) is 6.21. The Balaban J connectivity index is -0.000000719. The first-order valence-electron chi connectivity index (χ1n) is 20.6. The molecule has 0 aromatic rings. The van der Waals surface area contributed by atoms with Crippen molar-refractivity contribution < 1.29 is 25.2 Å².